The standard InChI is InChI=1S/C20H30N4O3/c1-4-23(20(27)14-24-12-6-5-7-15(24)2)13-19(26)22-18-10-8-17(9-11-18)21-16(3)25/h8-11,15H,4-7,12-14H2,1-3H3,(H,21,25)(H,22,26)/t15-/m0/s1. The normalized spacial score (nSPS) is 17.2. The molecule has 0 saturated carbocycles. The molecule has 148 valence electrons. The Morgan fingerprint density at radius 3 is 2.30 bits per heavy atom. The van der Waals surface area contributed by atoms with Crippen LogP contribution in [0.1, 0.15) is 40.0 Å². The molecule has 7 nitrogen and oxygen atoms in total. The van der Waals surface area contributed by atoms with Gasteiger partial charge in [-0.2, -0.15) is 0 Å². The first-order valence-electron chi connectivity index (χ1n) is 9.58. The van der Waals surface area contributed by atoms with Gasteiger partial charge in [0.15, 0.2) is 0 Å². The van der Waals surface area contributed by atoms with E-state index in [2.05, 4.69) is 22.5 Å². The zero-order valence-corrected chi connectivity index (χ0v) is 16.5. The Morgan fingerprint density at radius 2 is 1.74 bits per heavy atom. The number of carbonyl (C=O) groups is 3. The number of amides is 3. The summed E-state index contributed by atoms with van der Waals surface area (Å²) < 4.78 is 0. The molecule has 2 N–H and O–H groups in total. The molecule has 0 aliphatic carbocycles. The maximum atomic E-state index is 12.6. The Kier molecular flexibility index (Phi) is 7.79. The predicted molar refractivity (Wildman–Crippen MR) is 107 cm³/mol. The van der Waals surface area contributed by atoms with Crippen LogP contribution in [0.4, 0.5) is 11.4 Å². The van der Waals surface area contributed by atoms with Crippen LogP contribution >= 0.6 is 0 Å². The summed E-state index contributed by atoms with van der Waals surface area (Å²) in [5, 5.41) is 5.47. The summed E-state index contributed by atoms with van der Waals surface area (Å²) in [6, 6.07) is 7.29. The number of carbonyl (C=O) groups excluding carboxylic acids is 3. The van der Waals surface area contributed by atoms with Crippen molar-refractivity contribution in [2.24, 2.45) is 0 Å². The van der Waals surface area contributed by atoms with Crippen molar-refractivity contribution in [2.75, 3.05) is 36.8 Å². The molecule has 0 unspecified atom stereocenters. The van der Waals surface area contributed by atoms with E-state index < -0.39 is 0 Å². The SMILES string of the molecule is CCN(CC(=O)Nc1ccc(NC(C)=O)cc1)C(=O)CN1CCCC[C@@H]1C. The lowest BCUT2D eigenvalue weighted by atomic mass is 10.0. The quantitative estimate of drug-likeness (QED) is 0.767. The molecule has 1 aromatic carbocycles. The summed E-state index contributed by atoms with van der Waals surface area (Å²) in [5.74, 6) is -0.390. The van der Waals surface area contributed by atoms with Crippen molar-refractivity contribution in [2.45, 2.75) is 46.1 Å². The smallest absolute Gasteiger partial charge is 0.243 e. The lowest BCUT2D eigenvalue weighted by Gasteiger charge is -2.34. The minimum Gasteiger partial charge on any atom is -0.333 e. The van der Waals surface area contributed by atoms with Crippen LogP contribution in [-0.4, -0.2) is 59.7 Å². The van der Waals surface area contributed by atoms with Gasteiger partial charge in [0.05, 0.1) is 13.1 Å². The van der Waals surface area contributed by atoms with Crippen LogP contribution in [0.25, 0.3) is 0 Å². The van der Waals surface area contributed by atoms with E-state index >= 15 is 0 Å². The zero-order valence-electron chi connectivity index (χ0n) is 16.5. The van der Waals surface area contributed by atoms with Crippen molar-refractivity contribution in [1.29, 1.82) is 0 Å². The van der Waals surface area contributed by atoms with Gasteiger partial charge in [-0.3, -0.25) is 19.3 Å². The highest BCUT2D eigenvalue weighted by Crippen LogP contribution is 2.16. The highest BCUT2D eigenvalue weighted by molar-refractivity contribution is 5.95. The molecule has 3 amide bonds. The molecule has 1 saturated heterocycles. The molecule has 27 heavy (non-hydrogen) atoms. The van der Waals surface area contributed by atoms with Crippen molar-refractivity contribution in [3.05, 3.63) is 24.3 Å². The first-order valence-corrected chi connectivity index (χ1v) is 9.58. The minimum absolute atomic E-state index is 0.0117. The molecule has 1 heterocycles. The molecule has 1 aliphatic heterocycles. The molecular formula is C20H30N4O3. The molecule has 7 heteroatoms. The number of hydrogen-bond acceptors (Lipinski definition) is 4. The first-order chi connectivity index (χ1) is 12.9. The van der Waals surface area contributed by atoms with Gasteiger partial charge in [0, 0.05) is 30.9 Å². The second kappa shape index (κ2) is 10.1. The third kappa shape index (κ3) is 6.67. The van der Waals surface area contributed by atoms with E-state index in [1.54, 1.807) is 29.2 Å². The highest BCUT2D eigenvalue weighted by atomic mass is 16.2. The van der Waals surface area contributed by atoms with Crippen molar-refractivity contribution >= 4 is 29.1 Å². The number of likely N-dealkylation sites (tertiary alicyclic amines) is 1. The van der Waals surface area contributed by atoms with Gasteiger partial charge in [-0.1, -0.05) is 6.42 Å². The van der Waals surface area contributed by atoms with Gasteiger partial charge in [0.2, 0.25) is 17.7 Å². The second-order valence-corrected chi connectivity index (χ2v) is 7.03. The Labute approximate surface area is 161 Å². The van der Waals surface area contributed by atoms with Gasteiger partial charge in [0.25, 0.3) is 0 Å². The van der Waals surface area contributed by atoms with Gasteiger partial charge in [-0.15, -0.1) is 0 Å². The first kappa shape index (κ1) is 20.9. The predicted octanol–water partition coefficient (Wildman–Crippen LogP) is 2.31. The molecule has 1 atom stereocenters. The number of likely N-dealkylation sites (N-methyl/N-ethyl adjacent to an activating group) is 1. The number of piperidine rings is 1. The molecule has 1 aromatic rings. The van der Waals surface area contributed by atoms with Crippen molar-refractivity contribution in [3.8, 4) is 0 Å². The Morgan fingerprint density at radius 1 is 1.11 bits per heavy atom. The van der Waals surface area contributed by atoms with Crippen LogP contribution in [0.5, 0.6) is 0 Å². The fourth-order valence-corrected chi connectivity index (χ4v) is 3.26. The van der Waals surface area contributed by atoms with Crippen LogP contribution < -0.4 is 10.6 Å². The average Bonchev–Trinajstić information content (AvgIpc) is 2.62. The summed E-state index contributed by atoms with van der Waals surface area (Å²) in [7, 11) is 0. The van der Waals surface area contributed by atoms with Gasteiger partial charge in [-0.05, 0) is 57.5 Å². The number of hydrogen-bond donors (Lipinski definition) is 2. The van der Waals surface area contributed by atoms with E-state index in [4.69, 9.17) is 0 Å². The summed E-state index contributed by atoms with van der Waals surface area (Å²) in [6.45, 7) is 7.32. The monoisotopic (exact) mass is 374 g/mol. The molecule has 2 rings (SSSR count). The van der Waals surface area contributed by atoms with Crippen LogP contribution in [0, 0.1) is 0 Å². The van der Waals surface area contributed by atoms with Gasteiger partial charge in [0.1, 0.15) is 0 Å². The minimum atomic E-state index is -0.232. The van der Waals surface area contributed by atoms with Crippen LogP contribution in [-0.2, 0) is 14.4 Å². The van der Waals surface area contributed by atoms with Crippen molar-refractivity contribution in [3.63, 3.8) is 0 Å². The summed E-state index contributed by atoms with van der Waals surface area (Å²) >= 11 is 0. The van der Waals surface area contributed by atoms with Crippen molar-refractivity contribution in [1.82, 2.24) is 9.80 Å². The molecule has 0 radical (unpaired) electrons. The topological polar surface area (TPSA) is 81.8 Å². The van der Waals surface area contributed by atoms with Crippen molar-refractivity contribution < 1.29 is 14.4 Å². The third-order valence-corrected chi connectivity index (χ3v) is 4.84. The van der Waals surface area contributed by atoms with E-state index in [-0.39, 0.29) is 24.3 Å². The van der Waals surface area contributed by atoms with E-state index in [1.807, 2.05) is 6.92 Å². The molecule has 0 spiro atoms. The van der Waals surface area contributed by atoms with E-state index in [0.29, 0.717) is 30.5 Å². The van der Waals surface area contributed by atoms with Gasteiger partial charge in [-0.25, -0.2) is 0 Å². The number of benzene rings is 1. The second-order valence-electron chi connectivity index (χ2n) is 7.03. The van der Waals surface area contributed by atoms with E-state index in [0.717, 1.165) is 19.4 Å². The molecule has 0 aromatic heterocycles. The summed E-state index contributed by atoms with van der Waals surface area (Å²) in [5.41, 5.74) is 1.30. The summed E-state index contributed by atoms with van der Waals surface area (Å²) in [6.07, 6.45) is 3.46. The Balaban J connectivity index is 1.86. The molecule has 0 bridgehead atoms. The summed E-state index contributed by atoms with van der Waals surface area (Å²) in [4.78, 5) is 39.7. The molecule has 1 fully saturated rings. The van der Waals surface area contributed by atoms with E-state index in [9.17, 15) is 14.4 Å². The zero-order chi connectivity index (χ0) is 19.8. The maximum absolute atomic E-state index is 12.6. The maximum Gasteiger partial charge on any atom is 0.243 e. The third-order valence-electron chi connectivity index (χ3n) is 4.84. The fraction of sp³-hybridized carbons (Fsp3) is 0.550. The van der Waals surface area contributed by atoms with Crippen LogP contribution in [0.3, 0.4) is 0 Å². The largest absolute Gasteiger partial charge is 0.333 e. The Bertz CT molecular complexity index is 660. The molecule has 1 aliphatic rings. The number of anilines is 2. The van der Waals surface area contributed by atoms with Crippen LogP contribution in [0.15, 0.2) is 24.3 Å². The average molecular weight is 374 g/mol. The fourth-order valence-electron chi connectivity index (χ4n) is 3.26. The lowest BCUT2D eigenvalue weighted by Crippen LogP contribution is -2.47. The highest BCUT2D eigenvalue weighted by Gasteiger charge is 2.23. The number of rotatable bonds is 7. The number of nitrogens with one attached hydrogen (secondary N) is 2. The number of nitrogens with zero attached hydrogens (tertiary/aromatic N) is 2. The van der Waals surface area contributed by atoms with Gasteiger partial charge >= 0.3 is 0 Å². The van der Waals surface area contributed by atoms with Gasteiger partial charge < -0.3 is 15.5 Å². The van der Waals surface area contributed by atoms with Crippen LogP contribution in [0.2, 0.25) is 0 Å². The van der Waals surface area contributed by atoms with E-state index in [1.165, 1.54) is 13.3 Å². The lowest BCUT2D eigenvalue weighted by molar-refractivity contribution is -0.136. The molecular weight excluding hydrogens is 344 g/mol. The Hall–Kier alpha value is -2.41.